The Morgan fingerprint density at radius 3 is 2.51 bits per heavy atom. The van der Waals surface area contributed by atoms with E-state index in [-0.39, 0.29) is 13.2 Å². The van der Waals surface area contributed by atoms with Crippen LogP contribution in [0.3, 0.4) is 0 Å². The number of nitrogens with one attached hydrogen (secondary N) is 3. The van der Waals surface area contributed by atoms with Gasteiger partial charge >= 0.3 is 12.1 Å². The molecule has 11 nitrogen and oxygen atoms in total. The van der Waals surface area contributed by atoms with Gasteiger partial charge < -0.3 is 39.8 Å². The Hall–Kier alpha value is -4.09. The first kappa shape index (κ1) is 27.5. The number of amides is 3. The Morgan fingerprint density at radius 1 is 1.11 bits per heavy atom. The Balaban J connectivity index is 1.53. The number of hydrogen-bond donors (Lipinski definition) is 4. The van der Waals surface area contributed by atoms with Crippen LogP contribution in [0.15, 0.2) is 59.5 Å². The van der Waals surface area contributed by atoms with Crippen molar-refractivity contribution in [2.45, 2.75) is 26.5 Å². The van der Waals surface area contributed by atoms with Crippen LogP contribution < -0.4 is 20.7 Å². The molecule has 0 aliphatic carbocycles. The summed E-state index contributed by atoms with van der Waals surface area (Å²) in [5.41, 5.74) is 2.55. The highest BCUT2D eigenvalue weighted by molar-refractivity contribution is 6.00. The number of benzene rings is 2. The van der Waals surface area contributed by atoms with Crippen molar-refractivity contribution in [3.05, 3.63) is 60.6 Å². The summed E-state index contributed by atoms with van der Waals surface area (Å²) in [6.07, 6.45) is 1.68. The van der Waals surface area contributed by atoms with Crippen LogP contribution in [-0.4, -0.2) is 66.6 Å². The number of anilines is 2. The van der Waals surface area contributed by atoms with Crippen LogP contribution in [-0.2, 0) is 11.3 Å². The summed E-state index contributed by atoms with van der Waals surface area (Å²) >= 11 is 0. The first-order valence-electron chi connectivity index (χ1n) is 12.0. The predicted octanol–water partition coefficient (Wildman–Crippen LogP) is 3.92. The summed E-state index contributed by atoms with van der Waals surface area (Å²) < 4.78 is 16.1. The maximum atomic E-state index is 12.6. The van der Waals surface area contributed by atoms with E-state index in [4.69, 9.17) is 13.9 Å². The number of nitrogens with zero attached hydrogens (tertiary/aromatic N) is 2. The Kier molecular flexibility index (Phi) is 10.3. The van der Waals surface area contributed by atoms with Gasteiger partial charge in [0, 0.05) is 30.5 Å². The van der Waals surface area contributed by atoms with Gasteiger partial charge in [0.05, 0.1) is 25.5 Å². The average molecular weight is 512 g/mol. The molecule has 3 rings (SSSR count). The van der Waals surface area contributed by atoms with E-state index in [1.165, 1.54) is 13.5 Å². The third-order valence-corrected chi connectivity index (χ3v) is 5.61. The second-order valence-corrected chi connectivity index (χ2v) is 8.11. The highest BCUT2D eigenvalue weighted by atomic mass is 16.6. The molecule has 37 heavy (non-hydrogen) atoms. The molecule has 1 aromatic heterocycles. The van der Waals surface area contributed by atoms with Crippen LogP contribution in [0.1, 0.15) is 19.4 Å². The van der Waals surface area contributed by atoms with Gasteiger partial charge in [-0.3, -0.25) is 0 Å². The van der Waals surface area contributed by atoms with Gasteiger partial charge in [0.1, 0.15) is 11.9 Å². The number of carbonyl (C=O) groups excluding carboxylic acids is 2. The lowest BCUT2D eigenvalue weighted by atomic mass is 10.1. The van der Waals surface area contributed by atoms with Gasteiger partial charge in [0.25, 0.3) is 0 Å². The zero-order valence-corrected chi connectivity index (χ0v) is 21.2. The highest BCUT2D eigenvalue weighted by Crippen LogP contribution is 2.32. The quantitative estimate of drug-likeness (QED) is 0.287. The second-order valence-electron chi connectivity index (χ2n) is 8.11. The second kappa shape index (κ2) is 13.9. The summed E-state index contributed by atoms with van der Waals surface area (Å²) in [5, 5.41) is 17.7. The number of rotatable bonds is 12. The van der Waals surface area contributed by atoms with E-state index in [2.05, 4.69) is 25.8 Å². The van der Waals surface area contributed by atoms with E-state index < -0.39 is 18.2 Å². The fourth-order valence-corrected chi connectivity index (χ4v) is 3.64. The van der Waals surface area contributed by atoms with Gasteiger partial charge in [0.15, 0.2) is 12.2 Å². The summed E-state index contributed by atoms with van der Waals surface area (Å²) in [4.78, 5) is 30.7. The molecule has 1 heterocycles. The van der Waals surface area contributed by atoms with E-state index in [0.29, 0.717) is 35.0 Å². The number of urea groups is 1. The number of hydrogen-bond acceptors (Lipinski definition) is 8. The molecule has 11 heteroatoms. The minimum atomic E-state index is -0.620. The molecule has 4 N–H and O–H groups in total. The fraction of sp³-hybridized carbons (Fsp3) is 0.346. The van der Waals surface area contributed by atoms with E-state index in [0.717, 1.165) is 18.7 Å². The van der Waals surface area contributed by atoms with Gasteiger partial charge in [-0.05, 0) is 42.9 Å². The lowest BCUT2D eigenvalue weighted by molar-refractivity contribution is 0.0355. The normalized spacial score (nSPS) is 11.6. The zero-order chi connectivity index (χ0) is 26.6. The molecule has 3 aromatic rings. The molecule has 0 saturated heterocycles. The maximum absolute atomic E-state index is 12.6. The first-order chi connectivity index (χ1) is 17.9. The van der Waals surface area contributed by atoms with Crippen LogP contribution in [0.2, 0.25) is 0 Å². The van der Waals surface area contributed by atoms with Crippen LogP contribution in [0.5, 0.6) is 5.75 Å². The number of aliphatic hydroxyl groups is 1. The lowest BCUT2D eigenvalue weighted by Crippen LogP contribution is -2.39. The molecule has 0 fully saturated rings. The smallest absolute Gasteiger partial charge is 0.407 e. The summed E-state index contributed by atoms with van der Waals surface area (Å²) in [6, 6.07) is 11.8. The molecule has 1 unspecified atom stereocenters. The van der Waals surface area contributed by atoms with E-state index in [1.54, 1.807) is 42.6 Å². The number of aliphatic hydroxyl groups excluding tert-OH is 1. The third kappa shape index (κ3) is 8.23. The molecule has 0 aliphatic heterocycles. The Labute approximate surface area is 215 Å². The van der Waals surface area contributed by atoms with Gasteiger partial charge in [-0.1, -0.05) is 26.0 Å². The predicted molar refractivity (Wildman–Crippen MR) is 140 cm³/mol. The molecule has 0 spiro atoms. The number of likely N-dealkylation sites (N-methyl/N-ethyl adjacent to an activating group) is 1. The Morgan fingerprint density at radius 2 is 1.86 bits per heavy atom. The first-order valence-corrected chi connectivity index (χ1v) is 12.0. The van der Waals surface area contributed by atoms with E-state index in [9.17, 15) is 14.7 Å². The van der Waals surface area contributed by atoms with Gasteiger partial charge in [-0.2, -0.15) is 0 Å². The molecular formula is C26H33N5O6. The molecule has 0 bridgehead atoms. The molecule has 198 valence electrons. The largest absolute Gasteiger partial charge is 0.496 e. The zero-order valence-electron chi connectivity index (χ0n) is 21.2. The van der Waals surface area contributed by atoms with Crippen molar-refractivity contribution in [3.63, 3.8) is 0 Å². The van der Waals surface area contributed by atoms with E-state index in [1.807, 2.05) is 19.9 Å². The van der Waals surface area contributed by atoms with Gasteiger partial charge in [-0.15, -0.1) is 0 Å². The summed E-state index contributed by atoms with van der Waals surface area (Å²) in [6.45, 7) is 6.01. The molecular weight excluding hydrogens is 478 g/mol. The number of alkyl carbamates (subject to hydrolysis) is 1. The van der Waals surface area contributed by atoms with Crippen molar-refractivity contribution in [2.24, 2.45) is 0 Å². The minimum absolute atomic E-state index is 0.194. The number of ether oxygens (including phenoxy) is 2. The van der Waals surface area contributed by atoms with Crippen molar-refractivity contribution < 1.29 is 28.6 Å². The summed E-state index contributed by atoms with van der Waals surface area (Å²) in [5.74, 6) is 1.08. The van der Waals surface area contributed by atoms with Crippen LogP contribution in [0.25, 0.3) is 11.3 Å². The number of aromatic nitrogens is 1. The standard InChI is InChI=1S/C26H33N5O6/c1-4-31(5-2)15-21(16-32)37-26(34)28-13-18-7-6-8-19(11-18)29-25(33)30-20-9-10-22(23(12-20)35-3)24-14-27-17-36-24/h6-12,14,17,21,32H,4-5,13,15-16H2,1-3H3,(H,28,34)(H2,29,30,33). The van der Waals surface area contributed by atoms with Crippen LogP contribution >= 0.6 is 0 Å². The molecule has 0 radical (unpaired) electrons. The Bertz CT molecular complexity index is 1150. The number of oxazole rings is 1. The van der Waals surface area contributed by atoms with Gasteiger partial charge in [-0.25, -0.2) is 14.6 Å². The minimum Gasteiger partial charge on any atom is -0.496 e. The molecule has 3 amide bonds. The third-order valence-electron chi connectivity index (χ3n) is 5.61. The fourth-order valence-electron chi connectivity index (χ4n) is 3.64. The van der Waals surface area contributed by atoms with Gasteiger partial charge in [0.2, 0.25) is 0 Å². The van der Waals surface area contributed by atoms with E-state index >= 15 is 0 Å². The summed E-state index contributed by atoms with van der Waals surface area (Å²) in [7, 11) is 1.53. The molecule has 2 aromatic carbocycles. The van der Waals surface area contributed by atoms with Crippen LogP contribution in [0.4, 0.5) is 21.0 Å². The van der Waals surface area contributed by atoms with Crippen molar-refractivity contribution in [3.8, 4) is 17.1 Å². The SMILES string of the molecule is CCN(CC)CC(CO)OC(=O)NCc1cccc(NC(=O)Nc2ccc(-c3cnco3)c(OC)c2)c1. The maximum Gasteiger partial charge on any atom is 0.407 e. The lowest BCUT2D eigenvalue weighted by Gasteiger charge is -2.24. The monoisotopic (exact) mass is 511 g/mol. The average Bonchev–Trinajstić information content (AvgIpc) is 3.44. The van der Waals surface area contributed by atoms with Crippen molar-refractivity contribution in [1.82, 2.24) is 15.2 Å². The van der Waals surface area contributed by atoms with Crippen molar-refractivity contribution in [2.75, 3.05) is 44.0 Å². The molecule has 0 aliphatic rings. The number of methoxy groups -OCH3 is 1. The highest BCUT2D eigenvalue weighted by Gasteiger charge is 2.16. The topological polar surface area (TPSA) is 138 Å². The van der Waals surface area contributed by atoms with Crippen LogP contribution in [0, 0.1) is 0 Å². The molecule has 0 saturated carbocycles. The van der Waals surface area contributed by atoms with Crippen molar-refractivity contribution >= 4 is 23.5 Å². The van der Waals surface area contributed by atoms with Crippen molar-refractivity contribution in [1.29, 1.82) is 0 Å². The molecule has 1 atom stereocenters. The number of carbonyl (C=O) groups is 2.